The van der Waals surface area contributed by atoms with Crippen LogP contribution in [0.4, 0.5) is 0 Å². The highest BCUT2D eigenvalue weighted by Crippen LogP contribution is 2.03. The Morgan fingerprint density at radius 2 is 2.00 bits per heavy atom. The molecule has 0 aliphatic carbocycles. The van der Waals surface area contributed by atoms with Crippen LogP contribution in [0.3, 0.4) is 0 Å². The molecular weight excluding hydrogens is 204 g/mol. The molecule has 0 spiro atoms. The molecule has 2 unspecified atom stereocenters. The van der Waals surface area contributed by atoms with Crippen LogP contribution in [0, 0.1) is 0 Å². The molecule has 0 aromatic rings. The molecule has 2 atom stereocenters. The van der Waals surface area contributed by atoms with Crippen molar-refractivity contribution < 1.29 is 19.5 Å². The lowest BCUT2D eigenvalue weighted by atomic mass is 10.2. The Balaban J connectivity index is 4.05. The Hall–Kier alpha value is -0.550. The topological polar surface area (TPSA) is 71.4 Å². The minimum Gasteiger partial charge on any atom is -0.384 e. The van der Waals surface area contributed by atoms with Crippen molar-refractivity contribution in [1.29, 1.82) is 0 Å². The summed E-state index contributed by atoms with van der Waals surface area (Å²) in [5.41, 5.74) is 0. The van der Waals surface area contributed by atoms with Crippen molar-refractivity contribution in [3.05, 3.63) is 0 Å². The van der Waals surface area contributed by atoms with Crippen LogP contribution in [0.25, 0.3) is 0 Å². The molecule has 0 aliphatic heterocycles. The third kappa shape index (κ3) is 2.36. The monoisotopic (exact) mass is 208 g/mol. The van der Waals surface area contributed by atoms with Crippen LogP contribution in [-0.4, -0.2) is 34.4 Å². The minimum atomic E-state index is -1.45. The highest BCUT2D eigenvalue weighted by Gasteiger charge is 2.22. The number of aliphatic hydroxyl groups is 1. The maximum atomic E-state index is 10.4. The molecule has 10 heavy (non-hydrogen) atoms. The van der Waals surface area contributed by atoms with Crippen LogP contribution in [0.15, 0.2) is 0 Å². The predicted octanol–water partition coefficient (Wildman–Crippen LogP) is -0.922. The van der Waals surface area contributed by atoms with Crippen molar-refractivity contribution in [2.75, 3.05) is 0 Å². The van der Waals surface area contributed by atoms with Gasteiger partial charge in [0, 0.05) is 0 Å². The zero-order valence-corrected chi connectivity index (χ0v) is 6.45. The molecule has 0 radical (unpaired) electrons. The molecule has 0 aromatic carbocycles. The smallest absolute Gasteiger partial charge is 0.211 e. The van der Waals surface area contributed by atoms with E-state index >= 15 is 0 Å². The fourth-order valence-electron chi connectivity index (χ4n) is 0.302. The van der Waals surface area contributed by atoms with Crippen LogP contribution in [0.1, 0.15) is 0 Å². The Morgan fingerprint density at radius 3 is 2.30 bits per heavy atom. The summed E-state index contributed by atoms with van der Waals surface area (Å²) < 4.78 is 0. The third-order valence-electron chi connectivity index (χ3n) is 0.827. The quantitative estimate of drug-likeness (QED) is 0.369. The highest BCUT2D eigenvalue weighted by atomic mass is 79.9. The van der Waals surface area contributed by atoms with Gasteiger partial charge in [-0.05, 0) is 0 Å². The zero-order valence-electron chi connectivity index (χ0n) is 4.86. The number of rotatable bonds is 4. The molecule has 56 valence electrons. The van der Waals surface area contributed by atoms with Gasteiger partial charge in [-0.15, -0.1) is 0 Å². The fraction of sp³-hybridized carbons (Fsp3) is 0.400. The normalized spacial score (nSPS) is 15.4. The second-order valence-electron chi connectivity index (χ2n) is 1.55. The van der Waals surface area contributed by atoms with E-state index in [1.165, 1.54) is 0 Å². The van der Waals surface area contributed by atoms with E-state index in [1.54, 1.807) is 0 Å². The van der Waals surface area contributed by atoms with Crippen molar-refractivity contribution >= 4 is 34.3 Å². The predicted molar refractivity (Wildman–Crippen MR) is 35.9 cm³/mol. The van der Waals surface area contributed by atoms with Gasteiger partial charge in [0.15, 0.2) is 6.29 Å². The number of hydrogen-bond donors (Lipinski definition) is 1. The number of alkyl halides is 1. The van der Waals surface area contributed by atoms with Gasteiger partial charge in [0.05, 0.1) is 0 Å². The van der Waals surface area contributed by atoms with E-state index in [4.69, 9.17) is 5.11 Å². The van der Waals surface area contributed by atoms with Gasteiger partial charge in [-0.25, -0.2) is 0 Å². The summed E-state index contributed by atoms with van der Waals surface area (Å²) in [6, 6.07) is 0. The summed E-state index contributed by atoms with van der Waals surface area (Å²) in [5, 5.41) is 8.63. The number of aldehydes is 2. The van der Waals surface area contributed by atoms with Crippen molar-refractivity contribution in [3.8, 4) is 0 Å². The van der Waals surface area contributed by atoms with Crippen molar-refractivity contribution in [1.82, 2.24) is 0 Å². The average Bonchev–Trinajstić information content (AvgIpc) is 2.00. The van der Waals surface area contributed by atoms with E-state index in [0.29, 0.717) is 0 Å². The molecule has 0 amide bonds. The molecule has 0 aliphatic rings. The van der Waals surface area contributed by atoms with Crippen LogP contribution >= 0.6 is 15.9 Å². The molecule has 0 fully saturated rings. The number of hydrogen-bond acceptors (Lipinski definition) is 4. The van der Waals surface area contributed by atoms with Gasteiger partial charge in [-0.3, -0.25) is 9.59 Å². The fourth-order valence-corrected chi connectivity index (χ4v) is 0.535. The molecule has 0 rings (SSSR count). The zero-order chi connectivity index (χ0) is 8.15. The standard InChI is InChI=1S/C5H5BrO4/c6-5(3(9)1-7)4(10)2-8/h1-3,5,9H. The second kappa shape index (κ2) is 4.29. The van der Waals surface area contributed by atoms with E-state index in [-0.39, 0.29) is 12.6 Å². The SMILES string of the molecule is O=CC(=O)C(Br)C(O)C=O. The maximum Gasteiger partial charge on any atom is 0.211 e. The molecule has 0 aromatic heterocycles. The molecular formula is C5H5BrO4. The number of aliphatic hydroxyl groups excluding tert-OH is 1. The number of ketones is 1. The summed E-state index contributed by atoms with van der Waals surface area (Å²) in [4.78, 5) is 28.8. The van der Waals surface area contributed by atoms with Gasteiger partial charge in [-0.2, -0.15) is 0 Å². The lowest BCUT2D eigenvalue weighted by Crippen LogP contribution is -2.30. The first-order chi connectivity index (χ1) is 4.63. The Labute approximate surface area is 65.3 Å². The summed E-state index contributed by atoms with van der Waals surface area (Å²) in [6.45, 7) is 0. The lowest BCUT2D eigenvalue weighted by molar-refractivity contribution is -0.131. The van der Waals surface area contributed by atoms with E-state index in [1.807, 2.05) is 0 Å². The molecule has 0 bridgehead atoms. The molecule has 0 saturated carbocycles. The first kappa shape index (κ1) is 9.45. The number of Topliss-reactive ketones (excluding diaryl/α,β-unsaturated/α-hetero) is 1. The molecule has 1 N–H and O–H groups in total. The van der Waals surface area contributed by atoms with Crippen molar-refractivity contribution in [2.24, 2.45) is 0 Å². The van der Waals surface area contributed by atoms with Crippen LogP contribution < -0.4 is 0 Å². The number of halogens is 1. The van der Waals surface area contributed by atoms with E-state index in [9.17, 15) is 14.4 Å². The first-order valence-electron chi connectivity index (χ1n) is 2.40. The van der Waals surface area contributed by atoms with E-state index in [0.717, 1.165) is 0 Å². The van der Waals surface area contributed by atoms with Gasteiger partial charge in [0.25, 0.3) is 0 Å². The Kier molecular flexibility index (Phi) is 4.06. The minimum absolute atomic E-state index is 0.0478. The molecule has 0 heterocycles. The maximum absolute atomic E-state index is 10.4. The Morgan fingerprint density at radius 1 is 1.50 bits per heavy atom. The molecule has 4 nitrogen and oxygen atoms in total. The van der Waals surface area contributed by atoms with Crippen LogP contribution in [-0.2, 0) is 14.4 Å². The summed E-state index contributed by atoms with van der Waals surface area (Å²) in [7, 11) is 0. The summed E-state index contributed by atoms with van der Waals surface area (Å²) in [5.74, 6) is -0.848. The van der Waals surface area contributed by atoms with Crippen molar-refractivity contribution in [2.45, 2.75) is 10.9 Å². The summed E-state index contributed by atoms with van der Waals surface area (Å²) >= 11 is 2.67. The van der Waals surface area contributed by atoms with E-state index < -0.39 is 16.7 Å². The lowest BCUT2D eigenvalue weighted by Gasteiger charge is -2.04. The summed E-state index contributed by atoms with van der Waals surface area (Å²) in [6.07, 6.45) is -1.22. The van der Waals surface area contributed by atoms with Gasteiger partial charge in [-0.1, -0.05) is 15.9 Å². The Bertz CT molecular complexity index is 156. The largest absolute Gasteiger partial charge is 0.384 e. The molecule has 5 heteroatoms. The van der Waals surface area contributed by atoms with Gasteiger partial charge < -0.3 is 9.90 Å². The van der Waals surface area contributed by atoms with Gasteiger partial charge >= 0.3 is 0 Å². The molecule has 0 saturated heterocycles. The van der Waals surface area contributed by atoms with Gasteiger partial charge in [0.2, 0.25) is 5.78 Å². The number of carbonyl (C=O) groups is 3. The van der Waals surface area contributed by atoms with Crippen LogP contribution in [0.2, 0.25) is 0 Å². The number of carbonyl (C=O) groups excluding carboxylic acids is 3. The van der Waals surface area contributed by atoms with Crippen molar-refractivity contribution in [3.63, 3.8) is 0 Å². The van der Waals surface area contributed by atoms with Crippen LogP contribution in [0.5, 0.6) is 0 Å². The third-order valence-corrected chi connectivity index (χ3v) is 1.82. The highest BCUT2D eigenvalue weighted by molar-refractivity contribution is 9.10. The van der Waals surface area contributed by atoms with E-state index in [2.05, 4.69) is 15.9 Å². The van der Waals surface area contributed by atoms with Gasteiger partial charge in [0.1, 0.15) is 17.2 Å². The second-order valence-corrected chi connectivity index (χ2v) is 2.54. The average molecular weight is 209 g/mol. The first-order valence-corrected chi connectivity index (χ1v) is 3.31.